The molecule has 0 radical (unpaired) electrons. The third-order valence-electron chi connectivity index (χ3n) is 25.2. The number of hydrogen-bond acceptors (Lipinski definition) is 4. The maximum Gasteiger partial charge on any atom is 0.104 e. The molecule has 0 aromatic rings. The molecular formula is C100H198N2O2. The van der Waals surface area contributed by atoms with Crippen LogP contribution in [-0.4, -0.2) is 21.8 Å². The van der Waals surface area contributed by atoms with E-state index in [1.54, 1.807) is 0 Å². The Morgan fingerprint density at radius 2 is 0.135 bits per heavy atom. The van der Waals surface area contributed by atoms with Crippen LogP contribution >= 0.6 is 0 Å². The van der Waals surface area contributed by atoms with Gasteiger partial charge in [0, 0.05) is 0 Å². The molecule has 0 bridgehead atoms. The Labute approximate surface area is 657 Å². The van der Waals surface area contributed by atoms with Crippen molar-refractivity contribution in [1.29, 1.82) is 0 Å². The van der Waals surface area contributed by atoms with Crippen molar-refractivity contribution >= 4 is 11.4 Å². The maximum atomic E-state index is 9.73. The van der Waals surface area contributed by atoms with Crippen LogP contribution < -0.4 is 0 Å². The van der Waals surface area contributed by atoms with E-state index in [4.69, 9.17) is 0 Å². The van der Waals surface area contributed by atoms with E-state index in [0.717, 1.165) is 38.5 Å². The highest BCUT2D eigenvalue weighted by molar-refractivity contribution is 6.42. The molecule has 1 aliphatic carbocycles. The summed E-state index contributed by atoms with van der Waals surface area (Å²) in [5.74, 6) is 0. The molecule has 4 heteroatoms. The van der Waals surface area contributed by atoms with Gasteiger partial charge in [-0.2, -0.15) is 0 Å². The summed E-state index contributed by atoms with van der Waals surface area (Å²) < 4.78 is 0. The van der Waals surface area contributed by atoms with Crippen LogP contribution in [0.15, 0.2) is 10.3 Å². The summed E-state index contributed by atoms with van der Waals surface area (Å²) in [5.41, 5.74) is 1.20. The molecule has 4 nitrogen and oxygen atoms in total. The summed E-state index contributed by atoms with van der Waals surface area (Å²) >= 11 is 0. The van der Waals surface area contributed by atoms with Gasteiger partial charge in [-0.3, -0.25) is 0 Å². The van der Waals surface area contributed by atoms with E-state index in [-0.39, 0.29) is 0 Å². The summed E-state index contributed by atoms with van der Waals surface area (Å²) in [6.07, 6.45) is 141. The zero-order valence-electron chi connectivity index (χ0n) is 72.1. The fourth-order valence-electron chi connectivity index (χ4n) is 17.7. The van der Waals surface area contributed by atoms with E-state index in [0.29, 0.717) is 11.4 Å². The van der Waals surface area contributed by atoms with Crippen molar-refractivity contribution < 1.29 is 10.4 Å². The smallest absolute Gasteiger partial charge is 0.104 e. The van der Waals surface area contributed by atoms with Gasteiger partial charge in [0.2, 0.25) is 0 Å². The third-order valence-corrected chi connectivity index (χ3v) is 25.2. The molecule has 0 aromatic heterocycles. The van der Waals surface area contributed by atoms with Crippen molar-refractivity contribution in [2.24, 2.45) is 10.3 Å². The first-order valence-electron chi connectivity index (χ1n) is 50.3. The van der Waals surface area contributed by atoms with E-state index in [2.05, 4.69) is 10.3 Å². The monoisotopic (exact) mass is 1460 g/mol. The highest BCUT2D eigenvalue weighted by atomic mass is 16.4. The largest absolute Gasteiger partial charge is 0.411 e. The third kappa shape index (κ3) is 86.5. The quantitative estimate of drug-likeness (QED) is 0.188. The SMILES string of the molecule is ON=C1CCCCCCCCCCCCCCCCCCCCCCCCCCCCCCCCCCCCCCCCCCCCCCCCCCCCCCCCCCCCCCCCCCCCCCCCCCCCCCCCCCCCCCCCCCCCCCCCCCC1=NO. The Morgan fingerprint density at radius 3 is 0.183 bits per heavy atom. The van der Waals surface area contributed by atoms with E-state index >= 15 is 0 Å². The van der Waals surface area contributed by atoms with Crippen molar-refractivity contribution in [3.63, 3.8) is 0 Å². The molecule has 0 aromatic carbocycles. The van der Waals surface area contributed by atoms with Gasteiger partial charge in [0.1, 0.15) is 11.4 Å². The van der Waals surface area contributed by atoms with Crippen molar-refractivity contribution in [1.82, 2.24) is 0 Å². The molecule has 0 saturated heterocycles. The molecule has 0 heterocycles. The molecule has 104 heavy (non-hydrogen) atoms. The van der Waals surface area contributed by atoms with Gasteiger partial charge in [0.15, 0.2) is 0 Å². The second-order valence-corrected chi connectivity index (χ2v) is 35.5. The van der Waals surface area contributed by atoms with E-state index in [9.17, 15) is 10.4 Å². The average Bonchev–Trinajstić information content (AvgIpc) is 0.989. The van der Waals surface area contributed by atoms with E-state index < -0.39 is 0 Å². The molecule has 620 valence electrons. The van der Waals surface area contributed by atoms with Gasteiger partial charge in [-0.15, -0.1) is 0 Å². The van der Waals surface area contributed by atoms with Gasteiger partial charge in [-0.05, 0) is 25.7 Å². The lowest BCUT2D eigenvalue weighted by Crippen LogP contribution is -2.14. The Balaban J connectivity index is 2.08. The Hall–Kier alpha value is -1.06. The van der Waals surface area contributed by atoms with Crippen LogP contribution in [0.1, 0.15) is 629 Å². The molecule has 0 amide bonds. The Morgan fingerprint density at radius 1 is 0.0865 bits per heavy atom. The topological polar surface area (TPSA) is 65.2 Å². The minimum absolute atomic E-state index is 0.600. The molecule has 1 saturated carbocycles. The van der Waals surface area contributed by atoms with Gasteiger partial charge >= 0.3 is 0 Å². The van der Waals surface area contributed by atoms with Gasteiger partial charge < -0.3 is 10.4 Å². The number of hydrogen-bond donors (Lipinski definition) is 2. The zero-order chi connectivity index (χ0) is 73.9. The number of oxime groups is 2. The van der Waals surface area contributed by atoms with E-state index in [1.165, 1.54) is 591 Å². The lowest BCUT2D eigenvalue weighted by molar-refractivity contribution is 0.312. The first-order valence-corrected chi connectivity index (χ1v) is 50.3. The lowest BCUT2D eigenvalue weighted by atomic mass is 10.00. The van der Waals surface area contributed by atoms with Crippen LogP contribution in [0.5, 0.6) is 0 Å². The van der Waals surface area contributed by atoms with Crippen LogP contribution in [-0.2, 0) is 0 Å². The summed E-state index contributed by atoms with van der Waals surface area (Å²) in [5, 5.41) is 26.6. The van der Waals surface area contributed by atoms with Crippen LogP contribution in [0.4, 0.5) is 0 Å². The highest BCUT2D eigenvalue weighted by Gasteiger charge is 2.12. The van der Waals surface area contributed by atoms with Crippen molar-refractivity contribution in [2.45, 2.75) is 629 Å². The van der Waals surface area contributed by atoms with Gasteiger partial charge in [-0.1, -0.05) is 614 Å². The highest BCUT2D eigenvalue weighted by Crippen LogP contribution is 2.24. The molecule has 0 unspecified atom stereocenters. The fourth-order valence-corrected chi connectivity index (χ4v) is 17.7. The fraction of sp³-hybridized carbons (Fsp3) is 0.980. The molecule has 0 spiro atoms. The van der Waals surface area contributed by atoms with Crippen LogP contribution in [0.25, 0.3) is 0 Å². The molecule has 1 fully saturated rings. The lowest BCUT2D eigenvalue weighted by Gasteiger charge is -2.08. The maximum absolute atomic E-state index is 9.73. The van der Waals surface area contributed by atoms with Gasteiger partial charge in [0.25, 0.3) is 0 Å². The number of rotatable bonds is 0. The summed E-state index contributed by atoms with van der Waals surface area (Å²) in [6.45, 7) is 0. The molecule has 0 atom stereocenters. The normalized spacial score (nSPS) is 24.3. The van der Waals surface area contributed by atoms with Crippen LogP contribution in [0.3, 0.4) is 0 Å². The van der Waals surface area contributed by atoms with E-state index in [1.807, 2.05) is 0 Å². The van der Waals surface area contributed by atoms with Crippen molar-refractivity contribution in [3.8, 4) is 0 Å². The first-order chi connectivity index (χ1) is 51.9. The van der Waals surface area contributed by atoms with Crippen molar-refractivity contribution in [3.05, 3.63) is 0 Å². The van der Waals surface area contributed by atoms with Gasteiger partial charge in [-0.25, -0.2) is 0 Å². The molecule has 1 aliphatic rings. The van der Waals surface area contributed by atoms with Crippen molar-refractivity contribution in [2.75, 3.05) is 0 Å². The summed E-state index contributed by atoms with van der Waals surface area (Å²) in [6, 6.07) is 0. The predicted octanol–water partition coefficient (Wildman–Crippen LogP) is 37.9. The minimum atomic E-state index is 0.600. The van der Waals surface area contributed by atoms with Crippen LogP contribution in [0.2, 0.25) is 0 Å². The Kier molecular flexibility index (Phi) is 91.6. The molecule has 2 N–H and O–H groups in total. The molecule has 0 aliphatic heterocycles. The first kappa shape index (κ1) is 101. The standard InChI is InChI=1S/C100H198N2O2/c103-101-99-97-95-93-91-89-87-85-83-81-79-77-75-73-71-69-67-65-63-61-59-57-55-53-51-49-47-45-43-41-39-37-35-33-31-29-27-25-23-21-19-17-15-13-11-9-7-5-3-1-2-4-6-8-10-12-14-16-18-20-22-24-26-28-30-32-34-36-38-40-42-44-46-48-50-52-54-56-58-60-62-64-66-68-70-72-74-76-78-80-82-84-86-88-90-92-94-96-98-100(99)102-104/h103-104H,1-98H2. The predicted molar refractivity (Wildman–Crippen MR) is 471 cm³/mol. The Bertz CT molecular complexity index is 1460. The zero-order valence-corrected chi connectivity index (χ0v) is 72.1. The summed E-state index contributed by atoms with van der Waals surface area (Å²) in [7, 11) is 0. The second kappa shape index (κ2) is 94.3. The molecular weight excluding hydrogens is 1260 g/mol. The second-order valence-electron chi connectivity index (χ2n) is 35.5. The number of nitrogens with zero attached hydrogens (tertiary/aromatic N) is 2. The summed E-state index contributed by atoms with van der Waals surface area (Å²) in [4.78, 5) is 0. The van der Waals surface area contributed by atoms with Crippen LogP contribution in [0, 0.1) is 0 Å². The van der Waals surface area contributed by atoms with Gasteiger partial charge in [0.05, 0.1) is 0 Å². The molecule has 1 rings (SSSR count). The average molecular weight is 1460 g/mol. The minimum Gasteiger partial charge on any atom is -0.411 e.